The van der Waals surface area contributed by atoms with Crippen LogP contribution in [0.2, 0.25) is 0 Å². The molecule has 0 saturated heterocycles. The molecule has 1 aromatic carbocycles. The van der Waals surface area contributed by atoms with Gasteiger partial charge in [0.25, 0.3) is 10.0 Å². The van der Waals surface area contributed by atoms with E-state index >= 15 is 0 Å². The Hall–Kier alpha value is -2.29. The lowest BCUT2D eigenvalue weighted by Gasteiger charge is -2.07. The number of aromatic nitrogens is 1. The lowest BCUT2D eigenvalue weighted by atomic mass is 10.1. The van der Waals surface area contributed by atoms with Crippen molar-refractivity contribution in [3.8, 4) is 0 Å². The first-order valence-corrected chi connectivity index (χ1v) is 9.54. The fraction of sp³-hybridized carbons (Fsp3) is 0.125. The monoisotopic (exact) mass is 361 g/mol. The Morgan fingerprint density at radius 3 is 2.79 bits per heavy atom. The molecule has 124 valence electrons. The number of hydrogen-bond donors (Lipinski definition) is 2. The maximum absolute atomic E-state index is 11.9. The number of carbonyl (C=O) groups is 1. The van der Waals surface area contributed by atoms with E-state index in [9.17, 15) is 13.2 Å². The Morgan fingerprint density at radius 1 is 1.17 bits per heavy atom. The lowest BCUT2D eigenvalue weighted by Crippen LogP contribution is -2.36. The minimum Gasteiger partial charge on any atom is -0.351 e. The Kier molecular flexibility index (Phi) is 4.89. The van der Waals surface area contributed by atoms with Gasteiger partial charge in [-0.25, -0.2) is 13.1 Å². The molecule has 0 aliphatic heterocycles. The lowest BCUT2D eigenvalue weighted by molar-refractivity contribution is -0.120. The third-order valence-corrected chi connectivity index (χ3v) is 6.12. The maximum Gasteiger partial charge on any atom is 0.250 e. The molecule has 1 amide bonds. The number of nitrogens with one attached hydrogen (secondary N) is 2. The summed E-state index contributed by atoms with van der Waals surface area (Å²) in [5.74, 6) is -0.400. The predicted molar refractivity (Wildman–Crippen MR) is 93.1 cm³/mol. The number of carbonyl (C=O) groups excluding carboxylic acids is 1. The highest BCUT2D eigenvalue weighted by molar-refractivity contribution is 7.91. The average molecular weight is 361 g/mol. The molecule has 24 heavy (non-hydrogen) atoms. The second kappa shape index (κ2) is 7.08. The van der Waals surface area contributed by atoms with Crippen molar-refractivity contribution >= 4 is 38.2 Å². The first-order chi connectivity index (χ1) is 11.5. The molecule has 0 aliphatic rings. The zero-order valence-electron chi connectivity index (χ0n) is 12.6. The molecule has 0 bridgehead atoms. The summed E-state index contributed by atoms with van der Waals surface area (Å²) in [6, 6.07) is 12.8. The van der Waals surface area contributed by atoms with Crippen LogP contribution in [0.25, 0.3) is 10.9 Å². The highest BCUT2D eigenvalue weighted by Gasteiger charge is 2.16. The van der Waals surface area contributed by atoms with E-state index in [4.69, 9.17) is 0 Å². The number of nitrogens with zero attached hydrogens (tertiary/aromatic N) is 1. The molecule has 3 aromatic rings. The number of hydrogen-bond acceptors (Lipinski definition) is 5. The summed E-state index contributed by atoms with van der Waals surface area (Å²) in [6.07, 6.45) is 1.69. The molecule has 6 nitrogen and oxygen atoms in total. The number of sulfonamides is 1. The van der Waals surface area contributed by atoms with Crippen LogP contribution < -0.4 is 10.0 Å². The number of thiophene rings is 1. The molecule has 8 heteroatoms. The molecule has 0 radical (unpaired) electrons. The van der Waals surface area contributed by atoms with Crippen molar-refractivity contribution in [2.24, 2.45) is 0 Å². The molecule has 2 heterocycles. The van der Waals surface area contributed by atoms with Crippen molar-refractivity contribution in [2.75, 3.05) is 6.54 Å². The summed E-state index contributed by atoms with van der Waals surface area (Å²) in [4.78, 5) is 16.2. The van der Waals surface area contributed by atoms with E-state index in [1.807, 2.05) is 30.3 Å². The minimum atomic E-state index is -3.63. The van der Waals surface area contributed by atoms with Crippen molar-refractivity contribution in [3.63, 3.8) is 0 Å². The van der Waals surface area contributed by atoms with Gasteiger partial charge in [-0.15, -0.1) is 11.3 Å². The van der Waals surface area contributed by atoms with Crippen molar-refractivity contribution in [2.45, 2.75) is 10.8 Å². The minimum absolute atomic E-state index is 0.189. The van der Waals surface area contributed by atoms with Crippen LogP contribution in [0.3, 0.4) is 0 Å². The van der Waals surface area contributed by atoms with Crippen molar-refractivity contribution in [1.29, 1.82) is 0 Å². The Bertz CT molecular complexity index is 954. The standard InChI is InChI=1S/C16H15N3O3S2/c20-15(11-19-24(21,22)16-6-3-7-23-16)18-10-12-8-13-4-1-2-5-14(13)17-9-12/h1-9,19H,10-11H2,(H,18,20). The summed E-state index contributed by atoms with van der Waals surface area (Å²) in [5, 5.41) is 5.34. The second-order valence-corrected chi connectivity index (χ2v) is 8.01. The molecule has 0 spiro atoms. The maximum atomic E-state index is 11.9. The van der Waals surface area contributed by atoms with Gasteiger partial charge in [0.15, 0.2) is 0 Å². The zero-order chi connectivity index (χ0) is 17.0. The Labute approximate surface area is 143 Å². The molecule has 0 aliphatic carbocycles. The predicted octanol–water partition coefficient (Wildman–Crippen LogP) is 1.89. The largest absolute Gasteiger partial charge is 0.351 e. The third-order valence-electron chi connectivity index (χ3n) is 3.32. The van der Waals surface area contributed by atoms with Crippen LogP contribution in [0.15, 0.2) is 58.3 Å². The highest BCUT2D eigenvalue weighted by atomic mass is 32.2. The summed E-state index contributed by atoms with van der Waals surface area (Å²) in [6.45, 7) is -0.0152. The van der Waals surface area contributed by atoms with E-state index in [2.05, 4.69) is 15.0 Å². The van der Waals surface area contributed by atoms with E-state index in [-0.39, 0.29) is 17.3 Å². The molecule has 0 atom stereocenters. The van der Waals surface area contributed by atoms with Crippen LogP contribution in [0.1, 0.15) is 5.56 Å². The topological polar surface area (TPSA) is 88.2 Å². The van der Waals surface area contributed by atoms with Crippen molar-refractivity contribution in [1.82, 2.24) is 15.0 Å². The van der Waals surface area contributed by atoms with Gasteiger partial charge < -0.3 is 5.32 Å². The van der Waals surface area contributed by atoms with Gasteiger partial charge in [-0.05, 0) is 29.1 Å². The number of para-hydroxylation sites is 1. The van der Waals surface area contributed by atoms with E-state index in [0.717, 1.165) is 27.8 Å². The molecular weight excluding hydrogens is 346 g/mol. The number of rotatable bonds is 6. The van der Waals surface area contributed by atoms with E-state index in [1.54, 1.807) is 17.6 Å². The van der Waals surface area contributed by atoms with Gasteiger partial charge in [-0.3, -0.25) is 9.78 Å². The fourth-order valence-corrected chi connectivity index (χ4v) is 4.14. The quantitative estimate of drug-likeness (QED) is 0.702. The number of pyridine rings is 1. The van der Waals surface area contributed by atoms with Gasteiger partial charge in [0.2, 0.25) is 5.91 Å². The van der Waals surface area contributed by atoms with Gasteiger partial charge in [0, 0.05) is 18.1 Å². The van der Waals surface area contributed by atoms with Crippen LogP contribution in [0.5, 0.6) is 0 Å². The molecular formula is C16H15N3O3S2. The van der Waals surface area contributed by atoms with Crippen LogP contribution >= 0.6 is 11.3 Å². The van der Waals surface area contributed by atoms with Gasteiger partial charge in [0.05, 0.1) is 12.1 Å². The molecule has 3 rings (SSSR count). The van der Waals surface area contributed by atoms with Gasteiger partial charge in [0.1, 0.15) is 4.21 Å². The van der Waals surface area contributed by atoms with E-state index < -0.39 is 15.9 Å². The van der Waals surface area contributed by atoms with Crippen LogP contribution in [-0.2, 0) is 21.4 Å². The van der Waals surface area contributed by atoms with Gasteiger partial charge in [-0.1, -0.05) is 24.3 Å². The second-order valence-electron chi connectivity index (χ2n) is 5.07. The number of benzene rings is 1. The summed E-state index contributed by atoms with van der Waals surface area (Å²) in [7, 11) is -3.63. The normalized spacial score (nSPS) is 11.5. The Morgan fingerprint density at radius 2 is 2.00 bits per heavy atom. The van der Waals surface area contributed by atoms with Crippen LogP contribution in [0, 0.1) is 0 Å². The van der Waals surface area contributed by atoms with Crippen molar-refractivity contribution in [3.05, 3.63) is 59.6 Å². The highest BCUT2D eigenvalue weighted by Crippen LogP contribution is 2.15. The Balaban J connectivity index is 1.55. The van der Waals surface area contributed by atoms with E-state index in [0.29, 0.717) is 0 Å². The molecule has 2 aromatic heterocycles. The average Bonchev–Trinajstić information content (AvgIpc) is 3.13. The first-order valence-electron chi connectivity index (χ1n) is 7.18. The summed E-state index contributed by atoms with van der Waals surface area (Å²) in [5.41, 5.74) is 1.74. The van der Waals surface area contributed by atoms with Crippen LogP contribution in [0.4, 0.5) is 0 Å². The summed E-state index contributed by atoms with van der Waals surface area (Å²) < 4.78 is 26.3. The van der Waals surface area contributed by atoms with E-state index in [1.165, 1.54) is 6.07 Å². The number of amides is 1. The third kappa shape index (κ3) is 3.97. The SMILES string of the molecule is O=C(CNS(=O)(=O)c1cccs1)NCc1cnc2ccccc2c1. The van der Waals surface area contributed by atoms with Gasteiger partial charge >= 0.3 is 0 Å². The molecule has 0 fully saturated rings. The van der Waals surface area contributed by atoms with Crippen LogP contribution in [-0.4, -0.2) is 25.9 Å². The number of fused-ring (bicyclic) bond motifs is 1. The molecule has 0 saturated carbocycles. The van der Waals surface area contributed by atoms with Gasteiger partial charge in [-0.2, -0.15) is 0 Å². The summed E-state index contributed by atoms with van der Waals surface area (Å²) >= 11 is 1.10. The fourth-order valence-electron chi connectivity index (χ4n) is 2.12. The smallest absolute Gasteiger partial charge is 0.250 e. The van der Waals surface area contributed by atoms with Crippen molar-refractivity contribution < 1.29 is 13.2 Å². The zero-order valence-corrected chi connectivity index (χ0v) is 14.2. The first kappa shape index (κ1) is 16.6. The molecule has 0 unspecified atom stereocenters. The molecule has 2 N–H and O–H groups in total.